The highest BCUT2D eigenvalue weighted by molar-refractivity contribution is 6.30. The van der Waals surface area contributed by atoms with Gasteiger partial charge in [-0.2, -0.15) is 14.9 Å². The van der Waals surface area contributed by atoms with Crippen LogP contribution in [0.1, 0.15) is 17.1 Å². The Morgan fingerprint density at radius 3 is 2.71 bits per heavy atom. The second-order valence-corrected chi connectivity index (χ2v) is 6.69. The minimum atomic E-state index is -0.279. The van der Waals surface area contributed by atoms with Crippen LogP contribution in [-0.4, -0.2) is 30.8 Å². The number of nitrogens with zero attached hydrogens (tertiary/aromatic N) is 5. The number of hydrogen-bond donors (Lipinski definition) is 1. The van der Waals surface area contributed by atoms with E-state index in [1.165, 1.54) is 15.6 Å². The van der Waals surface area contributed by atoms with E-state index in [9.17, 15) is 9.90 Å². The zero-order chi connectivity index (χ0) is 19.8. The molecule has 0 fully saturated rings. The lowest BCUT2D eigenvalue weighted by Crippen LogP contribution is -2.20. The fourth-order valence-electron chi connectivity index (χ4n) is 2.95. The lowest BCUT2D eigenvalue weighted by Gasteiger charge is -2.05. The van der Waals surface area contributed by atoms with E-state index in [-0.39, 0.29) is 11.4 Å². The topological polar surface area (TPSA) is 85.3 Å². The molecule has 0 saturated carbocycles. The van der Waals surface area contributed by atoms with Crippen molar-refractivity contribution >= 4 is 28.7 Å². The van der Waals surface area contributed by atoms with Crippen molar-refractivity contribution in [2.45, 2.75) is 13.8 Å². The van der Waals surface area contributed by atoms with Gasteiger partial charge >= 0.3 is 0 Å². The Balaban J connectivity index is 1.79. The fraction of sp³-hybridized carbons (Fsp3) is 0.100. The van der Waals surface area contributed by atoms with E-state index in [0.29, 0.717) is 38.7 Å². The summed E-state index contributed by atoms with van der Waals surface area (Å²) in [6.07, 6.45) is 1.41. The van der Waals surface area contributed by atoms with Gasteiger partial charge in [0.15, 0.2) is 0 Å². The Labute approximate surface area is 165 Å². The third-order valence-electron chi connectivity index (χ3n) is 4.35. The van der Waals surface area contributed by atoms with Crippen LogP contribution < -0.4 is 5.56 Å². The first-order valence-corrected chi connectivity index (χ1v) is 8.91. The van der Waals surface area contributed by atoms with Gasteiger partial charge in [0, 0.05) is 5.02 Å². The van der Waals surface area contributed by atoms with Crippen molar-refractivity contribution in [3.8, 4) is 11.6 Å². The van der Waals surface area contributed by atoms with Gasteiger partial charge in [-0.3, -0.25) is 4.79 Å². The number of rotatable bonds is 3. The van der Waals surface area contributed by atoms with Gasteiger partial charge in [0.2, 0.25) is 5.88 Å². The average Bonchev–Trinajstić information content (AvgIpc) is 2.96. The summed E-state index contributed by atoms with van der Waals surface area (Å²) >= 11 is 6.02. The van der Waals surface area contributed by atoms with Crippen molar-refractivity contribution < 1.29 is 5.11 Å². The summed E-state index contributed by atoms with van der Waals surface area (Å²) in [5, 5.41) is 20.2. The molecule has 0 aliphatic heterocycles. The quantitative estimate of drug-likeness (QED) is 0.540. The van der Waals surface area contributed by atoms with Gasteiger partial charge in [-0.1, -0.05) is 29.8 Å². The first-order chi connectivity index (χ1) is 13.5. The maximum absolute atomic E-state index is 12.7. The maximum Gasteiger partial charge on any atom is 0.282 e. The fourth-order valence-corrected chi connectivity index (χ4v) is 3.14. The first-order valence-electron chi connectivity index (χ1n) is 8.53. The molecule has 140 valence electrons. The molecule has 2 aromatic heterocycles. The molecule has 8 heteroatoms. The summed E-state index contributed by atoms with van der Waals surface area (Å²) in [6.45, 7) is 3.45. The summed E-state index contributed by atoms with van der Waals surface area (Å²) in [5.74, 6) is 0.349. The van der Waals surface area contributed by atoms with Crippen LogP contribution in [0.2, 0.25) is 5.02 Å². The van der Waals surface area contributed by atoms with Crippen LogP contribution in [0.4, 0.5) is 0 Å². The normalized spacial score (nSPS) is 11.5. The maximum atomic E-state index is 12.7. The molecule has 7 nitrogen and oxygen atoms in total. The average molecular weight is 394 g/mol. The Kier molecular flexibility index (Phi) is 4.44. The monoisotopic (exact) mass is 393 g/mol. The smallest absolute Gasteiger partial charge is 0.282 e. The summed E-state index contributed by atoms with van der Waals surface area (Å²) < 4.78 is 2.58. The summed E-state index contributed by atoms with van der Waals surface area (Å²) in [4.78, 5) is 17.1. The van der Waals surface area contributed by atoms with E-state index in [1.807, 2.05) is 6.07 Å². The number of benzene rings is 2. The second kappa shape index (κ2) is 6.94. The molecule has 4 aromatic rings. The van der Waals surface area contributed by atoms with Gasteiger partial charge in [0.05, 0.1) is 34.1 Å². The Hall–Kier alpha value is -3.45. The van der Waals surface area contributed by atoms with Crippen LogP contribution in [0.25, 0.3) is 16.6 Å². The predicted octanol–water partition coefficient (Wildman–Crippen LogP) is 3.44. The van der Waals surface area contributed by atoms with Crippen molar-refractivity contribution in [2.24, 2.45) is 5.10 Å². The summed E-state index contributed by atoms with van der Waals surface area (Å²) in [5.41, 5.74) is 1.91. The second-order valence-electron chi connectivity index (χ2n) is 6.25. The lowest BCUT2D eigenvalue weighted by atomic mass is 10.2. The highest BCUT2D eigenvalue weighted by Crippen LogP contribution is 2.24. The van der Waals surface area contributed by atoms with E-state index < -0.39 is 0 Å². The summed E-state index contributed by atoms with van der Waals surface area (Å²) in [6, 6.07) is 14.1. The highest BCUT2D eigenvalue weighted by Gasteiger charge is 2.15. The van der Waals surface area contributed by atoms with Crippen molar-refractivity contribution in [3.63, 3.8) is 0 Å². The Morgan fingerprint density at radius 1 is 1.14 bits per heavy atom. The minimum absolute atomic E-state index is 0.0945. The number of fused-ring (bicyclic) bond motifs is 1. The molecule has 0 amide bonds. The van der Waals surface area contributed by atoms with Crippen LogP contribution >= 0.6 is 11.6 Å². The third kappa shape index (κ3) is 3.05. The van der Waals surface area contributed by atoms with E-state index in [4.69, 9.17) is 11.6 Å². The molecule has 28 heavy (non-hydrogen) atoms. The van der Waals surface area contributed by atoms with E-state index in [0.717, 1.165) is 0 Å². The summed E-state index contributed by atoms with van der Waals surface area (Å²) in [7, 11) is 0. The van der Waals surface area contributed by atoms with E-state index in [1.54, 1.807) is 56.3 Å². The number of halogens is 1. The molecule has 0 aliphatic carbocycles. The molecular weight excluding hydrogens is 378 g/mol. The van der Waals surface area contributed by atoms with Crippen LogP contribution in [0.5, 0.6) is 5.88 Å². The Morgan fingerprint density at radius 2 is 1.93 bits per heavy atom. The van der Waals surface area contributed by atoms with E-state index in [2.05, 4.69) is 15.2 Å². The Bertz CT molecular complexity index is 1290. The molecule has 0 radical (unpaired) electrons. The van der Waals surface area contributed by atoms with Crippen LogP contribution in [-0.2, 0) is 0 Å². The largest absolute Gasteiger partial charge is 0.493 e. The number of aromatic hydroxyl groups is 1. The molecule has 0 spiro atoms. The van der Waals surface area contributed by atoms with Gasteiger partial charge in [-0.25, -0.2) is 9.67 Å². The molecule has 0 atom stereocenters. The number of aryl methyl sites for hydroxylation is 2. The van der Waals surface area contributed by atoms with Crippen molar-refractivity contribution in [1.29, 1.82) is 0 Å². The van der Waals surface area contributed by atoms with Crippen molar-refractivity contribution in [2.75, 3.05) is 0 Å². The minimum Gasteiger partial charge on any atom is -0.493 e. The zero-order valence-electron chi connectivity index (χ0n) is 15.2. The third-order valence-corrected chi connectivity index (χ3v) is 4.59. The zero-order valence-corrected chi connectivity index (χ0v) is 15.9. The number of aromatic nitrogens is 4. The lowest BCUT2D eigenvalue weighted by molar-refractivity contribution is 0.433. The molecule has 2 heterocycles. The highest BCUT2D eigenvalue weighted by atomic mass is 35.5. The predicted molar refractivity (Wildman–Crippen MR) is 109 cm³/mol. The van der Waals surface area contributed by atoms with Crippen molar-refractivity contribution in [3.05, 3.63) is 81.0 Å². The van der Waals surface area contributed by atoms with Gasteiger partial charge < -0.3 is 5.11 Å². The number of para-hydroxylation sites is 1. The molecule has 1 N–H and O–H groups in total. The molecule has 0 aliphatic rings. The van der Waals surface area contributed by atoms with Crippen LogP contribution in [0.15, 0.2) is 58.4 Å². The SMILES string of the molecule is Cc1nn(-c2cccc(Cl)c2)c(O)c1/C=N/n1c(C)nc2ccccc2c1=O. The van der Waals surface area contributed by atoms with E-state index >= 15 is 0 Å². The molecule has 0 bridgehead atoms. The molecule has 0 unspecified atom stereocenters. The van der Waals surface area contributed by atoms with Gasteiger partial charge in [-0.15, -0.1) is 0 Å². The van der Waals surface area contributed by atoms with Crippen LogP contribution in [0, 0.1) is 13.8 Å². The molecule has 2 aromatic carbocycles. The van der Waals surface area contributed by atoms with Crippen molar-refractivity contribution in [1.82, 2.24) is 19.4 Å². The standard InChI is InChI=1S/C20H16ClN5O2/c1-12-17(20(28)26(24-12)15-7-5-6-14(21)10-15)11-22-25-13(2)23-18-9-4-3-8-16(18)19(25)27/h3-11,28H,1-2H3/b22-11+. The molecule has 4 rings (SSSR count). The first kappa shape index (κ1) is 17.9. The van der Waals surface area contributed by atoms with Crippen LogP contribution in [0.3, 0.4) is 0 Å². The van der Waals surface area contributed by atoms with Gasteiger partial charge in [0.1, 0.15) is 5.82 Å². The molecule has 0 saturated heterocycles. The van der Waals surface area contributed by atoms with Gasteiger partial charge in [-0.05, 0) is 44.2 Å². The number of hydrogen-bond acceptors (Lipinski definition) is 5. The molecular formula is C20H16ClN5O2. The van der Waals surface area contributed by atoms with Gasteiger partial charge in [0.25, 0.3) is 5.56 Å².